The second-order valence-electron chi connectivity index (χ2n) is 7.02. The first-order valence-corrected chi connectivity index (χ1v) is 9.50. The minimum atomic E-state index is -1.01. The number of hydrogen-bond acceptors (Lipinski definition) is 3. The molecule has 0 saturated carbocycles. The molecule has 6 nitrogen and oxygen atoms in total. The third-order valence-corrected chi connectivity index (χ3v) is 4.86. The summed E-state index contributed by atoms with van der Waals surface area (Å²) >= 11 is 0. The van der Waals surface area contributed by atoms with Gasteiger partial charge in [-0.05, 0) is 54.7 Å². The predicted octanol–water partition coefficient (Wildman–Crippen LogP) is 3.12. The number of anilines is 1. The fourth-order valence-electron chi connectivity index (χ4n) is 3.34. The Balaban J connectivity index is 1.49. The number of hydrogen-bond donors (Lipinski definition) is 2. The normalized spacial score (nSPS) is 13.4. The number of likely N-dealkylation sites (tertiary alicyclic amines) is 1. The summed E-state index contributed by atoms with van der Waals surface area (Å²) in [6, 6.07) is 13.8. The molecule has 1 aliphatic heterocycles. The first-order valence-electron chi connectivity index (χ1n) is 9.50. The molecule has 1 fully saturated rings. The van der Waals surface area contributed by atoms with E-state index in [0.717, 1.165) is 31.5 Å². The lowest BCUT2D eigenvalue weighted by Crippen LogP contribution is -2.27. The molecular formula is C22H24N2O4. The zero-order valence-electron chi connectivity index (χ0n) is 15.7. The van der Waals surface area contributed by atoms with Crippen LogP contribution in [0, 0.1) is 0 Å². The molecule has 0 aromatic heterocycles. The van der Waals surface area contributed by atoms with E-state index < -0.39 is 5.97 Å². The van der Waals surface area contributed by atoms with Crippen LogP contribution in [0.1, 0.15) is 40.7 Å². The maximum atomic E-state index is 12.2. The van der Waals surface area contributed by atoms with Crippen molar-refractivity contribution in [2.75, 3.05) is 18.4 Å². The minimum absolute atomic E-state index is 0.104. The van der Waals surface area contributed by atoms with E-state index in [4.69, 9.17) is 5.11 Å². The van der Waals surface area contributed by atoms with Crippen molar-refractivity contribution in [3.05, 3.63) is 65.2 Å². The SMILES string of the molecule is O=C(Cc1cccc(C(=O)O)c1)Nc1ccc(CCC(=O)N2CCCC2)cc1. The average Bonchev–Trinajstić information content (AvgIpc) is 3.22. The van der Waals surface area contributed by atoms with Gasteiger partial charge in [-0.1, -0.05) is 24.3 Å². The lowest BCUT2D eigenvalue weighted by Gasteiger charge is -2.15. The number of nitrogens with one attached hydrogen (secondary N) is 1. The van der Waals surface area contributed by atoms with Gasteiger partial charge < -0.3 is 15.3 Å². The standard InChI is InChI=1S/C22H24N2O4/c25-20(15-17-4-3-5-18(14-17)22(27)28)23-19-9-6-16(7-10-19)8-11-21(26)24-12-1-2-13-24/h3-7,9-10,14H,1-2,8,11-13,15H2,(H,23,25)(H,27,28). The zero-order valence-corrected chi connectivity index (χ0v) is 15.7. The van der Waals surface area contributed by atoms with Gasteiger partial charge in [0.15, 0.2) is 0 Å². The van der Waals surface area contributed by atoms with Crippen molar-refractivity contribution in [3.63, 3.8) is 0 Å². The van der Waals surface area contributed by atoms with E-state index in [0.29, 0.717) is 24.1 Å². The summed E-state index contributed by atoms with van der Waals surface area (Å²) in [5.41, 5.74) is 2.54. The third kappa shape index (κ3) is 5.42. The van der Waals surface area contributed by atoms with Gasteiger partial charge in [0.05, 0.1) is 12.0 Å². The maximum Gasteiger partial charge on any atom is 0.335 e. The molecular weight excluding hydrogens is 356 g/mol. The van der Waals surface area contributed by atoms with Crippen molar-refractivity contribution in [1.29, 1.82) is 0 Å². The van der Waals surface area contributed by atoms with Crippen LogP contribution < -0.4 is 5.32 Å². The highest BCUT2D eigenvalue weighted by Gasteiger charge is 2.17. The van der Waals surface area contributed by atoms with Crippen LogP contribution in [-0.2, 0) is 22.4 Å². The number of rotatable bonds is 7. The van der Waals surface area contributed by atoms with Gasteiger partial charge in [-0.2, -0.15) is 0 Å². The molecule has 146 valence electrons. The molecule has 2 N–H and O–H groups in total. The highest BCUT2D eigenvalue weighted by molar-refractivity contribution is 5.93. The average molecular weight is 380 g/mol. The predicted molar refractivity (Wildman–Crippen MR) is 106 cm³/mol. The molecule has 2 aromatic rings. The molecule has 0 spiro atoms. The summed E-state index contributed by atoms with van der Waals surface area (Å²) in [5, 5.41) is 11.8. The lowest BCUT2D eigenvalue weighted by molar-refractivity contribution is -0.130. The molecule has 3 rings (SSSR count). The van der Waals surface area contributed by atoms with E-state index in [1.54, 1.807) is 12.1 Å². The van der Waals surface area contributed by atoms with E-state index in [1.807, 2.05) is 29.2 Å². The monoisotopic (exact) mass is 380 g/mol. The number of carboxylic acid groups (broad SMARTS) is 1. The van der Waals surface area contributed by atoms with Crippen LogP contribution in [0.2, 0.25) is 0 Å². The van der Waals surface area contributed by atoms with Gasteiger partial charge in [0.2, 0.25) is 11.8 Å². The van der Waals surface area contributed by atoms with E-state index in [1.165, 1.54) is 12.1 Å². The summed E-state index contributed by atoms with van der Waals surface area (Å²) in [6.45, 7) is 1.75. The molecule has 2 amide bonds. The van der Waals surface area contributed by atoms with Crippen molar-refractivity contribution < 1.29 is 19.5 Å². The zero-order chi connectivity index (χ0) is 19.9. The molecule has 0 atom stereocenters. The van der Waals surface area contributed by atoms with Crippen LogP contribution in [0.5, 0.6) is 0 Å². The number of nitrogens with zero attached hydrogens (tertiary/aromatic N) is 1. The molecule has 0 unspecified atom stereocenters. The molecule has 0 aliphatic carbocycles. The Kier molecular flexibility index (Phi) is 6.42. The lowest BCUT2D eigenvalue weighted by atomic mass is 10.1. The van der Waals surface area contributed by atoms with Crippen molar-refractivity contribution in [2.45, 2.75) is 32.1 Å². The summed E-state index contributed by atoms with van der Waals surface area (Å²) in [4.78, 5) is 37.2. The van der Waals surface area contributed by atoms with Gasteiger partial charge in [0.25, 0.3) is 0 Å². The second-order valence-corrected chi connectivity index (χ2v) is 7.02. The number of benzene rings is 2. The first-order chi connectivity index (χ1) is 13.5. The number of amides is 2. The van der Waals surface area contributed by atoms with E-state index in [-0.39, 0.29) is 23.8 Å². The Morgan fingerprint density at radius 3 is 2.36 bits per heavy atom. The fourth-order valence-corrected chi connectivity index (χ4v) is 3.34. The van der Waals surface area contributed by atoms with Crippen LogP contribution >= 0.6 is 0 Å². The largest absolute Gasteiger partial charge is 0.478 e. The Morgan fingerprint density at radius 2 is 1.68 bits per heavy atom. The smallest absolute Gasteiger partial charge is 0.335 e. The van der Waals surface area contributed by atoms with E-state index in [9.17, 15) is 14.4 Å². The van der Waals surface area contributed by atoms with Crippen molar-refractivity contribution >= 4 is 23.5 Å². The van der Waals surface area contributed by atoms with E-state index >= 15 is 0 Å². The summed E-state index contributed by atoms with van der Waals surface area (Å²) in [5.74, 6) is -1.01. The Hall–Kier alpha value is -3.15. The molecule has 0 radical (unpaired) electrons. The number of carbonyl (C=O) groups excluding carboxylic acids is 2. The minimum Gasteiger partial charge on any atom is -0.478 e. The Labute approximate surface area is 164 Å². The third-order valence-electron chi connectivity index (χ3n) is 4.86. The van der Waals surface area contributed by atoms with Crippen molar-refractivity contribution in [3.8, 4) is 0 Å². The van der Waals surface area contributed by atoms with Gasteiger partial charge in [-0.3, -0.25) is 9.59 Å². The van der Waals surface area contributed by atoms with Crippen LogP contribution in [0.3, 0.4) is 0 Å². The maximum absolute atomic E-state index is 12.2. The quantitative estimate of drug-likeness (QED) is 0.773. The first kappa shape index (κ1) is 19.6. The van der Waals surface area contributed by atoms with E-state index in [2.05, 4.69) is 5.32 Å². The highest BCUT2D eigenvalue weighted by Crippen LogP contribution is 2.15. The van der Waals surface area contributed by atoms with Gasteiger partial charge in [0.1, 0.15) is 0 Å². The van der Waals surface area contributed by atoms with Crippen LogP contribution in [0.25, 0.3) is 0 Å². The molecule has 0 bridgehead atoms. The number of aryl methyl sites for hydroxylation is 1. The summed E-state index contributed by atoms with van der Waals surface area (Å²) < 4.78 is 0. The molecule has 1 saturated heterocycles. The summed E-state index contributed by atoms with van der Waals surface area (Å²) in [6.07, 6.45) is 3.49. The molecule has 1 aliphatic rings. The Morgan fingerprint density at radius 1 is 0.964 bits per heavy atom. The summed E-state index contributed by atoms with van der Waals surface area (Å²) in [7, 11) is 0. The number of carbonyl (C=O) groups is 3. The number of carboxylic acids is 1. The van der Waals surface area contributed by atoms with Gasteiger partial charge in [-0.25, -0.2) is 4.79 Å². The fraction of sp³-hybridized carbons (Fsp3) is 0.318. The Bertz CT molecular complexity index is 855. The van der Waals surface area contributed by atoms with Crippen LogP contribution in [-0.4, -0.2) is 40.9 Å². The van der Waals surface area contributed by atoms with Crippen LogP contribution in [0.4, 0.5) is 5.69 Å². The van der Waals surface area contributed by atoms with Crippen molar-refractivity contribution in [1.82, 2.24) is 4.90 Å². The van der Waals surface area contributed by atoms with Crippen molar-refractivity contribution in [2.24, 2.45) is 0 Å². The molecule has 6 heteroatoms. The molecule has 1 heterocycles. The van der Waals surface area contributed by atoms with Crippen LogP contribution in [0.15, 0.2) is 48.5 Å². The topological polar surface area (TPSA) is 86.7 Å². The molecule has 2 aromatic carbocycles. The van der Waals surface area contributed by atoms with Gasteiger partial charge >= 0.3 is 5.97 Å². The highest BCUT2D eigenvalue weighted by atomic mass is 16.4. The second kappa shape index (κ2) is 9.17. The number of aromatic carboxylic acids is 1. The molecule has 28 heavy (non-hydrogen) atoms. The van der Waals surface area contributed by atoms with Gasteiger partial charge in [0, 0.05) is 25.2 Å². The van der Waals surface area contributed by atoms with Gasteiger partial charge in [-0.15, -0.1) is 0 Å².